The first-order chi connectivity index (χ1) is 60.1. The Bertz CT molecular complexity index is 3220. The Morgan fingerprint density at radius 1 is 0.347 bits per heavy atom. The summed E-state index contributed by atoms with van der Waals surface area (Å²) in [7, 11) is 14.6. The maximum absolute atomic E-state index is 10.9. The number of carbonyl (C=O) groups excluding carboxylic acids is 6. The number of benzene rings is 6. The summed E-state index contributed by atoms with van der Waals surface area (Å²) in [4.78, 5) is 64.8. The molecule has 3 saturated heterocycles. The second-order valence-corrected chi connectivity index (χ2v) is 26.2. The number of phenols is 2. The molecule has 698 valence electrons. The number of nitrogens with zero attached hydrogens (tertiary/aromatic N) is 3. The molecule has 3 atom stereocenters. The number of hydrogen-bond acceptors (Lipinski definition) is 27. The van der Waals surface area contributed by atoms with Gasteiger partial charge in [0, 0.05) is 53.6 Å². The van der Waals surface area contributed by atoms with E-state index in [2.05, 4.69) is 133 Å². The molecule has 33 heteroatoms. The Balaban J connectivity index is -0.000000241. The SMILES string of the molecule is BrCCOC1CCCCO1.CBr.CBr.CC.CC.COC(=O)Cc1ccc(Br)c(O)c1.COC(=O)Cc1ccc(O)c(Br)c1.COC(=O)Cc1ccccc1.COC(=O)Cc1ccccc1.COC(=O)Cc1ccccc1.COC(=O)Cc1ccccc1.COCC#N.COCC#N.COCCOC1CCCCO1.COCCOC1CCCCO1.N#CCBr. The van der Waals surface area contributed by atoms with Crippen LogP contribution in [0.1, 0.15) is 119 Å². The Morgan fingerprint density at radius 2 is 0.613 bits per heavy atom. The van der Waals surface area contributed by atoms with Crippen molar-refractivity contribution in [1.82, 2.24) is 0 Å². The molecule has 0 bridgehead atoms. The van der Waals surface area contributed by atoms with E-state index in [4.69, 9.17) is 53.7 Å². The van der Waals surface area contributed by atoms with Crippen molar-refractivity contribution >= 4 is 131 Å². The first-order valence-corrected chi connectivity index (χ1v) is 46.3. The molecule has 0 spiro atoms. The largest absolute Gasteiger partial charge is 0.507 e. The zero-order chi connectivity index (χ0) is 94.9. The van der Waals surface area contributed by atoms with Gasteiger partial charge in [-0.3, -0.25) is 28.8 Å². The molecule has 3 fully saturated rings. The lowest BCUT2D eigenvalue weighted by molar-refractivity contribution is -0.167. The standard InChI is InChI=1S/2C9H9BrO3.4C9H10O2.2C8H16O3.C7H13BrO2.2C3H5NO.C2H2BrN.2C2H6.2CH3Br/c1-13-9(12)5-6-2-3-8(11)7(10)4-6;1-13-9(12)5-6-2-3-7(10)8(11)4-6;4*1-11-9(10)7-8-5-3-2-4-6-8;2*1-9-6-7-11-8-4-2-3-5-10-8;8-4-6-10-7-3-1-2-5-9-7;2*1-5-3-2-4;3-1-2-4;4*1-2/h2*2-4,11H,5H2,1H3;4*2-6H,7H2,1H3;2*8H,2-7H2,1H3;7H,1-6H2;2*3H2,1H3;1H2;2*1-2H3;2*1H3. The molecule has 0 saturated carbocycles. The highest BCUT2D eigenvalue weighted by atomic mass is 79.9. The van der Waals surface area contributed by atoms with Crippen molar-refractivity contribution in [2.45, 2.75) is 143 Å². The average Bonchev–Trinajstić information content (AvgIpc) is 0.885. The maximum atomic E-state index is 10.9. The minimum Gasteiger partial charge on any atom is -0.507 e. The Kier molecular flexibility index (Phi) is 108. The molecule has 6 aromatic carbocycles. The fourth-order valence-corrected chi connectivity index (χ4v) is 9.36. The van der Waals surface area contributed by atoms with E-state index in [1.807, 2.05) is 167 Å². The molecule has 9 rings (SSSR count). The van der Waals surface area contributed by atoms with Crippen LogP contribution in [0.5, 0.6) is 11.5 Å². The maximum Gasteiger partial charge on any atom is 0.309 e. The molecule has 3 aliphatic rings. The van der Waals surface area contributed by atoms with E-state index in [1.165, 1.54) is 108 Å². The number of esters is 6. The molecule has 0 aliphatic carbocycles. The van der Waals surface area contributed by atoms with E-state index >= 15 is 0 Å². The summed E-state index contributed by atoms with van der Waals surface area (Å²) in [6.45, 7) is 14.3. The highest BCUT2D eigenvalue weighted by Gasteiger charge is 2.16. The summed E-state index contributed by atoms with van der Waals surface area (Å²) in [5, 5.41) is 42.8. The number of nitriles is 3. The minimum atomic E-state index is -0.318. The highest BCUT2D eigenvalue weighted by Crippen LogP contribution is 2.26. The minimum absolute atomic E-state index is 0.0268. The number of rotatable bonds is 25. The lowest BCUT2D eigenvalue weighted by atomic mass is 10.1. The third-order valence-corrected chi connectivity index (χ3v) is 16.2. The number of alkyl halides is 4. The van der Waals surface area contributed by atoms with E-state index in [0.29, 0.717) is 66.4 Å². The number of carbonyl (C=O) groups is 6. The smallest absolute Gasteiger partial charge is 0.309 e. The van der Waals surface area contributed by atoms with Gasteiger partial charge in [-0.05, 0) is 159 Å². The first-order valence-electron chi connectivity index (χ1n) is 39.3. The van der Waals surface area contributed by atoms with Crippen molar-refractivity contribution in [3.8, 4) is 29.7 Å². The van der Waals surface area contributed by atoms with Gasteiger partial charge in [-0.1, -0.05) is 225 Å². The van der Waals surface area contributed by atoms with Crippen LogP contribution in [0.25, 0.3) is 0 Å². The molecule has 3 heterocycles. The van der Waals surface area contributed by atoms with Gasteiger partial charge in [-0.15, -0.1) is 0 Å². The van der Waals surface area contributed by atoms with Crippen LogP contribution in [0.15, 0.2) is 167 Å². The van der Waals surface area contributed by atoms with Crippen LogP contribution in [0.4, 0.5) is 0 Å². The van der Waals surface area contributed by atoms with E-state index in [0.717, 1.165) is 84.4 Å². The first kappa shape index (κ1) is 130. The van der Waals surface area contributed by atoms with Gasteiger partial charge in [-0.2, -0.15) is 15.8 Å². The van der Waals surface area contributed by atoms with E-state index in [-0.39, 0.29) is 92.2 Å². The summed E-state index contributed by atoms with van der Waals surface area (Å²) in [6, 6.07) is 53.4. The zero-order valence-corrected chi connectivity index (χ0v) is 84.3. The summed E-state index contributed by atoms with van der Waals surface area (Å²) in [5.41, 5.74) is 5.47. The Labute approximate surface area is 788 Å². The number of hydrogen-bond donors (Lipinski definition) is 2. The van der Waals surface area contributed by atoms with Crippen LogP contribution >= 0.6 is 95.6 Å². The summed E-state index contributed by atoms with van der Waals surface area (Å²) in [5.74, 6) is 2.51. The number of aromatic hydroxyl groups is 2. The van der Waals surface area contributed by atoms with E-state index in [9.17, 15) is 39.0 Å². The molecular formula is C91H133Br6N3O24. The van der Waals surface area contributed by atoms with Gasteiger partial charge < -0.3 is 86.0 Å². The second-order valence-electron chi connectivity index (χ2n) is 23.2. The molecule has 6 aromatic rings. The fraction of sp³-hybridized carbons (Fsp3) is 0.505. The molecule has 124 heavy (non-hydrogen) atoms. The van der Waals surface area contributed by atoms with E-state index in [1.54, 1.807) is 50.6 Å². The molecule has 2 N–H and O–H groups in total. The van der Waals surface area contributed by atoms with Crippen molar-refractivity contribution < 1.29 is 115 Å². The van der Waals surface area contributed by atoms with Crippen LogP contribution in [-0.2, 0) is 143 Å². The second kappa shape index (κ2) is 103. The lowest BCUT2D eigenvalue weighted by Crippen LogP contribution is -2.23. The molecule has 0 aromatic heterocycles. The van der Waals surface area contributed by atoms with Gasteiger partial charge in [0.05, 0.1) is 147 Å². The normalized spacial score (nSPS) is 12.8. The van der Waals surface area contributed by atoms with Gasteiger partial charge in [0.15, 0.2) is 18.9 Å². The average molecular weight is 2130 g/mol. The fourth-order valence-electron chi connectivity index (χ4n) is 8.50. The number of methoxy groups -OCH3 is 10. The van der Waals surface area contributed by atoms with Gasteiger partial charge in [-0.25, -0.2) is 0 Å². The molecule has 0 amide bonds. The van der Waals surface area contributed by atoms with Gasteiger partial charge >= 0.3 is 35.8 Å². The Morgan fingerprint density at radius 3 is 0.823 bits per heavy atom. The van der Waals surface area contributed by atoms with Gasteiger partial charge in [0.25, 0.3) is 0 Å². The monoisotopic (exact) mass is 2130 g/mol. The van der Waals surface area contributed by atoms with Crippen LogP contribution in [0, 0.1) is 34.0 Å². The predicted octanol–water partition coefficient (Wildman–Crippen LogP) is 18.9. The number of phenolic OH excluding ortho intramolecular Hbond substituents is 2. The van der Waals surface area contributed by atoms with Crippen LogP contribution in [-0.4, -0.2) is 224 Å². The third kappa shape index (κ3) is 88.1. The molecule has 0 radical (unpaired) electrons. The van der Waals surface area contributed by atoms with Gasteiger partial charge in [0.1, 0.15) is 24.7 Å². The quantitative estimate of drug-likeness (QED) is 0.0233. The van der Waals surface area contributed by atoms with E-state index < -0.39 is 0 Å². The highest BCUT2D eigenvalue weighted by molar-refractivity contribution is 9.11. The molecule has 27 nitrogen and oxygen atoms in total. The van der Waals surface area contributed by atoms with Crippen LogP contribution in [0.2, 0.25) is 0 Å². The van der Waals surface area contributed by atoms with Crippen molar-refractivity contribution in [3.05, 3.63) is 200 Å². The Hall–Kier alpha value is -7.31. The summed E-state index contributed by atoms with van der Waals surface area (Å²) >= 11 is 18.4. The molecule has 3 aliphatic heterocycles. The van der Waals surface area contributed by atoms with Crippen LogP contribution < -0.4 is 0 Å². The van der Waals surface area contributed by atoms with Crippen molar-refractivity contribution in [3.63, 3.8) is 0 Å². The number of halogens is 6. The molecule has 3 unspecified atom stereocenters. The number of ether oxygens (including phenoxy) is 16. The van der Waals surface area contributed by atoms with Crippen molar-refractivity contribution in [1.29, 1.82) is 15.8 Å². The summed E-state index contributed by atoms with van der Waals surface area (Å²) in [6.07, 6.45) is 12.3. The third-order valence-electron chi connectivity index (χ3n) is 14.3. The predicted molar refractivity (Wildman–Crippen MR) is 505 cm³/mol. The molecular weight excluding hydrogens is 2000 g/mol. The van der Waals surface area contributed by atoms with Crippen molar-refractivity contribution in [2.24, 2.45) is 0 Å². The van der Waals surface area contributed by atoms with Crippen LogP contribution in [0.3, 0.4) is 0 Å². The van der Waals surface area contributed by atoms with Crippen molar-refractivity contribution in [2.75, 3.05) is 159 Å². The topological polar surface area (TPSA) is 362 Å². The van der Waals surface area contributed by atoms with Gasteiger partial charge in [0.2, 0.25) is 0 Å². The zero-order valence-electron chi connectivity index (χ0n) is 74.8. The summed E-state index contributed by atoms with van der Waals surface area (Å²) < 4.78 is 78.8. The lowest BCUT2D eigenvalue weighted by Gasteiger charge is -2.22.